The summed E-state index contributed by atoms with van der Waals surface area (Å²) in [6, 6.07) is 22.4. The number of aliphatic carboxylic acids is 1. The number of carbonyl (C=O) groups excluding carboxylic acids is 1. The first-order chi connectivity index (χ1) is 19.5. The molecule has 5 rings (SSSR count). The zero-order valence-electron chi connectivity index (χ0n) is 22.8. The van der Waals surface area contributed by atoms with Crippen molar-refractivity contribution in [3.05, 3.63) is 72.3 Å². The highest BCUT2D eigenvalue weighted by Crippen LogP contribution is 2.28. The predicted octanol–water partition coefficient (Wildman–Crippen LogP) is 5.88. The number of anilines is 2. The van der Waals surface area contributed by atoms with Crippen molar-refractivity contribution in [1.82, 2.24) is 15.3 Å². The molecular weight excluding hydrogens is 535 g/mol. The van der Waals surface area contributed by atoms with Crippen LogP contribution < -0.4 is 15.5 Å². The number of hydrogen-bond donors (Lipinski definition) is 3. The summed E-state index contributed by atoms with van der Waals surface area (Å²) in [5, 5.41) is 17.0. The van der Waals surface area contributed by atoms with Gasteiger partial charge in [-0.3, -0.25) is 4.79 Å². The summed E-state index contributed by atoms with van der Waals surface area (Å²) in [7, 11) is 4.02. The van der Waals surface area contributed by atoms with Crippen molar-refractivity contribution in [3.8, 4) is 0 Å². The average Bonchev–Trinajstić information content (AvgIpc) is 2.95. The molecule has 0 radical (unpaired) electrons. The average molecular weight is 568 g/mol. The van der Waals surface area contributed by atoms with Gasteiger partial charge in [-0.1, -0.05) is 48.5 Å². The molecule has 41 heavy (non-hydrogen) atoms. The summed E-state index contributed by atoms with van der Waals surface area (Å²) in [6.45, 7) is 0.714. The predicted molar refractivity (Wildman–Crippen MR) is 153 cm³/mol. The molecule has 11 heteroatoms. The second-order valence-corrected chi connectivity index (χ2v) is 10.2. The lowest BCUT2D eigenvalue weighted by Gasteiger charge is -2.29. The minimum atomic E-state index is -5.08. The molecule has 0 bridgehead atoms. The van der Waals surface area contributed by atoms with Crippen molar-refractivity contribution in [2.75, 3.05) is 30.9 Å². The molecule has 216 valence electrons. The Balaban J connectivity index is 0.000000493. The number of alkyl halides is 3. The number of rotatable bonds is 6. The van der Waals surface area contributed by atoms with Gasteiger partial charge in [0.15, 0.2) is 0 Å². The molecule has 0 atom stereocenters. The molecule has 8 nitrogen and oxygen atoms in total. The second-order valence-electron chi connectivity index (χ2n) is 10.2. The zero-order valence-corrected chi connectivity index (χ0v) is 22.8. The molecule has 3 aromatic carbocycles. The van der Waals surface area contributed by atoms with Crippen LogP contribution in [0.25, 0.3) is 21.7 Å². The Hall–Kier alpha value is -4.41. The van der Waals surface area contributed by atoms with Crippen LogP contribution >= 0.6 is 0 Å². The molecule has 1 aromatic heterocycles. The summed E-state index contributed by atoms with van der Waals surface area (Å²) in [4.78, 5) is 33.3. The third kappa shape index (κ3) is 7.62. The summed E-state index contributed by atoms with van der Waals surface area (Å²) in [5.41, 5.74) is 1.70. The van der Waals surface area contributed by atoms with Crippen molar-refractivity contribution < 1.29 is 27.9 Å². The number of hydrogen-bond acceptors (Lipinski definition) is 6. The van der Waals surface area contributed by atoms with Gasteiger partial charge in [-0.2, -0.15) is 18.2 Å². The lowest BCUT2D eigenvalue weighted by atomic mass is 9.86. The van der Waals surface area contributed by atoms with Gasteiger partial charge in [-0.15, -0.1) is 0 Å². The maximum absolute atomic E-state index is 12.9. The van der Waals surface area contributed by atoms with E-state index in [4.69, 9.17) is 19.9 Å². The Morgan fingerprint density at radius 1 is 0.902 bits per heavy atom. The van der Waals surface area contributed by atoms with E-state index in [-0.39, 0.29) is 5.91 Å². The van der Waals surface area contributed by atoms with Gasteiger partial charge in [0.05, 0.1) is 5.52 Å². The fourth-order valence-corrected chi connectivity index (χ4v) is 4.91. The lowest BCUT2D eigenvalue weighted by Crippen LogP contribution is -2.34. The van der Waals surface area contributed by atoms with Crippen LogP contribution in [0.15, 0.2) is 66.7 Å². The van der Waals surface area contributed by atoms with Crippen LogP contribution in [0.5, 0.6) is 0 Å². The fraction of sp³-hybridized carbons (Fsp3) is 0.333. The van der Waals surface area contributed by atoms with Crippen molar-refractivity contribution >= 4 is 45.3 Å². The van der Waals surface area contributed by atoms with E-state index in [1.165, 1.54) is 0 Å². The number of amides is 1. The number of carboxylic acids is 1. The fourth-order valence-electron chi connectivity index (χ4n) is 4.91. The van der Waals surface area contributed by atoms with Gasteiger partial charge in [0.25, 0.3) is 5.91 Å². The Labute approximate surface area is 235 Å². The minimum Gasteiger partial charge on any atom is -0.475 e. The van der Waals surface area contributed by atoms with Crippen molar-refractivity contribution in [2.24, 2.45) is 5.92 Å². The van der Waals surface area contributed by atoms with E-state index in [1.807, 2.05) is 79.7 Å². The highest BCUT2D eigenvalue weighted by Gasteiger charge is 2.38. The zero-order chi connectivity index (χ0) is 29.6. The number of nitrogens with one attached hydrogen (secondary N) is 2. The van der Waals surface area contributed by atoms with E-state index in [0.717, 1.165) is 58.7 Å². The monoisotopic (exact) mass is 567 g/mol. The molecule has 3 N–H and O–H groups in total. The Morgan fingerprint density at radius 2 is 1.51 bits per heavy atom. The maximum atomic E-state index is 12.9. The first kappa shape index (κ1) is 29.6. The highest BCUT2D eigenvalue weighted by molar-refractivity contribution is 6.07. The minimum absolute atomic E-state index is 0.0119. The lowest BCUT2D eigenvalue weighted by molar-refractivity contribution is -0.192. The molecule has 0 aliphatic heterocycles. The molecule has 1 amide bonds. The summed E-state index contributed by atoms with van der Waals surface area (Å²) in [5.74, 6) is -0.634. The smallest absolute Gasteiger partial charge is 0.475 e. The molecule has 0 saturated heterocycles. The number of carbonyl (C=O) groups is 2. The van der Waals surface area contributed by atoms with Gasteiger partial charge in [0.1, 0.15) is 5.82 Å². The Morgan fingerprint density at radius 3 is 2.17 bits per heavy atom. The number of carboxylic acid groups (broad SMARTS) is 1. The normalized spacial score (nSPS) is 16.9. The van der Waals surface area contributed by atoms with E-state index in [9.17, 15) is 18.0 Å². The number of benzene rings is 3. The molecule has 1 fully saturated rings. The molecule has 0 unspecified atom stereocenters. The maximum Gasteiger partial charge on any atom is 0.490 e. The number of aromatic nitrogens is 2. The number of fused-ring (bicyclic) bond motifs is 2. The molecule has 1 saturated carbocycles. The number of nitrogens with zero attached hydrogens (tertiary/aromatic N) is 3. The van der Waals surface area contributed by atoms with Crippen molar-refractivity contribution in [3.63, 3.8) is 0 Å². The van der Waals surface area contributed by atoms with Gasteiger partial charge in [-0.25, -0.2) is 9.78 Å². The Bertz CT molecular complexity index is 1510. The number of halogens is 3. The molecule has 1 heterocycles. The van der Waals surface area contributed by atoms with E-state index >= 15 is 0 Å². The van der Waals surface area contributed by atoms with Crippen LogP contribution in [0.3, 0.4) is 0 Å². The van der Waals surface area contributed by atoms with E-state index in [0.29, 0.717) is 24.5 Å². The summed E-state index contributed by atoms with van der Waals surface area (Å²) < 4.78 is 31.7. The van der Waals surface area contributed by atoms with Crippen molar-refractivity contribution in [1.29, 1.82) is 0 Å². The third-order valence-electron chi connectivity index (χ3n) is 7.01. The van der Waals surface area contributed by atoms with Crippen molar-refractivity contribution in [2.45, 2.75) is 37.9 Å². The van der Waals surface area contributed by atoms with E-state index < -0.39 is 12.1 Å². The van der Waals surface area contributed by atoms with Crippen LogP contribution in [0.2, 0.25) is 0 Å². The van der Waals surface area contributed by atoms with Crippen LogP contribution in [0.1, 0.15) is 36.0 Å². The summed E-state index contributed by atoms with van der Waals surface area (Å²) in [6.07, 6.45) is -0.853. The SMILES string of the molecule is CN(C)c1nc(NC2CCC(CNC(=O)c3cccc4ccccc34)CC2)nc2ccccc12.O=C(O)C(F)(F)F. The first-order valence-corrected chi connectivity index (χ1v) is 13.3. The van der Waals surface area contributed by atoms with Crippen LogP contribution in [-0.4, -0.2) is 59.8 Å². The molecule has 0 spiro atoms. The van der Waals surface area contributed by atoms with Gasteiger partial charge in [0, 0.05) is 37.6 Å². The van der Waals surface area contributed by atoms with E-state index in [2.05, 4.69) is 16.7 Å². The highest BCUT2D eigenvalue weighted by atomic mass is 19.4. The number of para-hydroxylation sites is 1. The molecule has 1 aliphatic rings. The molecule has 4 aromatic rings. The van der Waals surface area contributed by atoms with Crippen LogP contribution in [0, 0.1) is 5.92 Å². The topological polar surface area (TPSA) is 107 Å². The van der Waals surface area contributed by atoms with E-state index in [1.54, 1.807) is 0 Å². The largest absolute Gasteiger partial charge is 0.490 e. The van der Waals surface area contributed by atoms with Crippen LogP contribution in [-0.2, 0) is 4.79 Å². The standard InChI is InChI=1S/C28H31N5O.C2HF3O2/c1-33(2)26-24-11-5-6-13-25(24)31-28(32-26)30-21-16-14-19(15-17-21)18-29-27(34)23-12-7-9-20-8-3-4-10-22(20)23;3-2(4,5)1(6)7/h3-13,19,21H,14-18H2,1-2H3,(H,29,34)(H,30,31,32);(H,6,7). The first-order valence-electron chi connectivity index (χ1n) is 13.3. The quantitative estimate of drug-likeness (QED) is 0.267. The van der Waals surface area contributed by atoms with Gasteiger partial charge >= 0.3 is 12.1 Å². The van der Waals surface area contributed by atoms with Crippen LogP contribution in [0.4, 0.5) is 24.9 Å². The molecular formula is C30H32F3N5O3. The van der Waals surface area contributed by atoms with Gasteiger partial charge in [-0.05, 0) is 60.6 Å². The second kappa shape index (κ2) is 12.8. The molecule has 1 aliphatic carbocycles. The summed E-state index contributed by atoms with van der Waals surface area (Å²) >= 11 is 0. The van der Waals surface area contributed by atoms with Gasteiger partial charge in [0.2, 0.25) is 5.95 Å². The Kier molecular flexibility index (Phi) is 9.26. The third-order valence-corrected chi connectivity index (χ3v) is 7.01. The van der Waals surface area contributed by atoms with Gasteiger partial charge < -0.3 is 20.6 Å².